The topological polar surface area (TPSA) is 58.8 Å². The lowest BCUT2D eigenvalue weighted by Crippen LogP contribution is -2.01. The lowest BCUT2D eigenvalue weighted by atomic mass is 9.98. The summed E-state index contributed by atoms with van der Waals surface area (Å²) in [7, 11) is 0. The maximum absolute atomic E-state index is 15.1. The third-order valence-corrected chi connectivity index (χ3v) is 5.66. The first-order chi connectivity index (χ1) is 16.2. The van der Waals surface area contributed by atoms with E-state index in [9.17, 15) is 0 Å². The highest BCUT2D eigenvalue weighted by Gasteiger charge is 2.09. The minimum absolute atomic E-state index is 0.154. The summed E-state index contributed by atoms with van der Waals surface area (Å²) in [4.78, 5) is 8.76. The molecule has 33 heavy (non-hydrogen) atoms. The van der Waals surface area contributed by atoms with E-state index in [2.05, 4.69) is 23.0 Å². The zero-order valence-corrected chi connectivity index (χ0v) is 18.7. The molecule has 0 bridgehead atoms. The molecule has 1 aromatic heterocycles. The molecule has 0 saturated carbocycles. The van der Waals surface area contributed by atoms with Gasteiger partial charge in [0.15, 0.2) is 5.75 Å². The van der Waals surface area contributed by atoms with Gasteiger partial charge in [0.1, 0.15) is 11.6 Å². The number of aromatic nitrogens is 2. The molecule has 0 aliphatic heterocycles. The molecule has 0 fully saturated rings. The van der Waals surface area contributed by atoms with Crippen molar-refractivity contribution in [1.29, 1.82) is 5.26 Å². The molecule has 0 N–H and O–H groups in total. The van der Waals surface area contributed by atoms with E-state index in [0.29, 0.717) is 41.7 Å². The molecule has 0 saturated heterocycles. The number of nitrogens with zero attached hydrogens (tertiary/aromatic N) is 3. The van der Waals surface area contributed by atoms with E-state index >= 15 is 4.39 Å². The zero-order chi connectivity index (χ0) is 23.0. The minimum Gasteiger partial charge on any atom is -0.490 e. The molecule has 0 aliphatic rings. The third kappa shape index (κ3) is 5.72. The van der Waals surface area contributed by atoms with Crippen LogP contribution in [0.25, 0.3) is 10.8 Å². The van der Waals surface area contributed by atoms with Crippen LogP contribution in [-0.4, -0.2) is 16.6 Å². The summed E-state index contributed by atoms with van der Waals surface area (Å²) >= 11 is 0. The average molecular weight is 440 g/mol. The van der Waals surface area contributed by atoms with Crippen LogP contribution in [0.2, 0.25) is 0 Å². The molecule has 1 heterocycles. The van der Waals surface area contributed by atoms with Gasteiger partial charge in [0.25, 0.3) is 0 Å². The second-order valence-electron chi connectivity index (χ2n) is 8.09. The largest absolute Gasteiger partial charge is 0.490 e. The Balaban J connectivity index is 1.40. The van der Waals surface area contributed by atoms with Crippen molar-refractivity contribution in [3.8, 4) is 11.8 Å². The highest BCUT2D eigenvalue weighted by Crippen LogP contribution is 2.24. The highest BCUT2D eigenvalue weighted by molar-refractivity contribution is 5.84. The lowest BCUT2D eigenvalue weighted by Gasteiger charge is -2.09. The second kappa shape index (κ2) is 10.7. The molecule has 0 aliphatic carbocycles. The quantitative estimate of drug-likeness (QED) is 0.321. The molecule has 4 rings (SSSR count). The van der Waals surface area contributed by atoms with Crippen molar-refractivity contribution >= 4 is 10.8 Å². The van der Waals surface area contributed by atoms with E-state index in [1.807, 2.05) is 42.5 Å². The number of rotatable bonds is 9. The van der Waals surface area contributed by atoms with Gasteiger partial charge in [-0.05, 0) is 59.9 Å². The van der Waals surface area contributed by atoms with E-state index in [4.69, 9.17) is 10.00 Å². The van der Waals surface area contributed by atoms with Gasteiger partial charge in [-0.25, -0.2) is 14.4 Å². The first kappa shape index (κ1) is 22.4. The zero-order valence-electron chi connectivity index (χ0n) is 18.7. The van der Waals surface area contributed by atoms with E-state index in [-0.39, 0.29) is 5.82 Å². The van der Waals surface area contributed by atoms with Crippen LogP contribution < -0.4 is 4.74 Å². The van der Waals surface area contributed by atoms with Crippen LogP contribution in [0.1, 0.15) is 41.4 Å². The number of ether oxygens (including phenoxy) is 1. The van der Waals surface area contributed by atoms with Gasteiger partial charge in [-0.15, -0.1) is 0 Å². The van der Waals surface area contributed by atoms with Gasteiger partial charge >= 0.3 is 0 Å². The highest BCUT2D eigenvalue weighted by atomic mass is 19.1. The first-order valence-electron chi connectivity index (χ1n) is 11.3. The van der Waals surface area contributed by atoms with E-state index in [0.717, 1.165) is 41.6 Å². The Bertz CT molecular complexity index is 1260. The number of hydrogen-bond acceptors (Lipinski definition) is 4. The van der Waals surface area contributed by atoms with Gasteiger partial charge < -0.3 is 4.74 Å². The van der Waals surface area contributed by atoms with Gasteiger partial charge in [-0.3, -0.25) is 0 Å². The van der Waals surface area contributed by atoms with Crippen LogP contribution in [0.15, 0.2) is 67.0 Å². The van der Waals surface area contributed by atoms with E-state index in [1.165, 1.54) is 0 Å². The average Bonchev–Trinajstić information content (AvgIpc) is 2.86. The smallest absolute Gasteiger partial charge is 0.155 e. The predicted octanol–water partition coefficient (Wildman–Crippen LogP) is 6.00. The molecule has 0 radical (unpaired) electrons. The molecule has 4 nitrogen and oxygen atoms in total. The Morgan fingerprint density at radius 2 is 1.61 bits per heavy atom. The van der Waals surface area contributed by atoms with Gasteiger partial charge in [0, 0.05) is 11.8 Å². The third-order valence-electron chi connectivity index (χ3n) is 5.66. The summed E-state index contributed by atoms with van der Waals surface area (Å²) in [5.41, 5.74) is 3.56. The van der Waals surface area contributed by atoms with E-state index < -0.39 is 0 Å². The fraction of sp³-hybridized carbons (Fsp3) is 0.250. The van der Waals surface area contributed by atoms with E-state index in [1.54, 1.807) is 24.5 Å². The molecular formula is C28H26FN3O. The van der Waals surface area contributed by atoms with Gasteiger partial charge in [0.05, 0.1) is 30.6 Å². The van der Waals surface area contributed by atoms with Crippen molar-refractivity contribution in [2.45, 2.75) is 39.0 Å². The van der Waals surface area contributed by atoms with Gasteiger partial charge in [0.2, 0.25) is 0 Å². The van der Waals surface area contributed by atoms with Crippen molar-refractivity contribution in [2.24, 2.45) is 0 Å². The number of nitriles is 1. The second-order valence-corrected chi connectivity index (χ2v) is 8.09. The van der Waals surface area contributed by atoms with Crippen LogP contribution >= 0.6 is 0 Å². The number of hydrogen-bond donors (Lipinski definition) is 0. The summed E-state index contributed by atoms with van der Waals surface area (Å²) < 4.78 is 20.6. The molecule has 166 valence electrons. The fourth-order valence-electron chi connectivity index (χ4n) is 3.78. The molecule has 0 atom stereocenters. The fourth-order valence-corrected chi connectivity index (χ4v) is 3.78. The standard InChI is InChI=1S/C28H26FN3O/c1-2-15-33-25-18-31-27(32-19-25)14-9-21-8-13-26-24(16-21)12-11-23(28(26)29)10-7-20-3-5-22(17-30)6-4-20/h3-6,8,11-13,16,18-19H,2,7,9-10,14-15H2,1H3. The summed E-state index contributed by atoms with van der Waals surface area (Å²) in [6.07, 6.45) is 7.22. The van der Waals surface area contributed by atoms with Crippen LogP contribution in [-0.2, 0) is 25.7 Å². The Labute approximate surface area is 193 Å². The Morgan fingerprint density at radius 3 is 2.33 bits per heavy atom. The van der Waals surface area contributed by atoms with Gasteiger partial charge in [-0.1, -0.05) is 49.4 Å². The number of aryl methyl sites for hydroxylation is 4. The Hall–Kier alpha value is -3.78. The normalized spacial score (nSPS) is 10.8. The van der Waals surface area contributed by atoms with Crippen molar-refractivity contribution in [1.82, 2.24) is 9.97 Å². The van der Waals surface area contributed by atoms with Crippen molar-refractivity contribution in [3.63, 3.8) is 0 Å². The maximum Gasteiger partial charge on any atom is 0.155 e. The molecule has 5 heteroatoms. The monoisotopic (exact) mass is 439 g/mol. The van der Waals surface area contributed by atoms with Gasteiger partial charge in [-0.2, -0.15) is 5.26 Å². The molecule has 4 aromatic rings. The van der Waals surface area contributed by atoms with Crippen molar-refractivity contribution < 1.29 is 9.13 Å². The molecule has 0 amide bonds. The number of benzene rings is 3. The Morgan fingerprint density at radius 1 is 0.879 bits per heavy atom. The lowest BCUT2D eigenvalue weighted by molar-refractivity contribution is 0.314. The summed E-state index contributed by atoms with van der Waals surface area (Å²) in [6.45, 7) is 2.72. The van der Waals surface area contributed by atoms with Crippen LogP contribution in [0, 0.1) is 17.1 Å². The Kier molecular flexibility index (Phi) is 7.26. The summed E-state index contributed by atoms with van der Waals surface area (Å²) in [6, 6.07) is 19.3. The van der Waals surface area contributed by atoms with Crippen molar-refractivity contribution in [3.05, 3.63) is 101 Å². The molecule has 0 unspecified atom stereocenters. The maximum atomic E-state index is 15.1. The SMILES string of the molecule is CCCOc1cnc(CCc2ccc3c(F)c(CCc4ccc(C#N)cc4)ccc3c2)nc1. The van der Waals surface area contributed by atoms with Crippen molar-refractivity contribution in [2.75, 3.05) is 6.61 Å². The predicted molar refractivity (Wildman–Crippen MR) is 128 cm³/mol. The molecular weight excluding hydrogens is 413 g/mol. The minimum atomic E-state index is -0.154. The number of fused-ring (bicyclic) bond motifs is 1. The van der Waals surface area contributed by atoms with Crippen LogP contribution in [0.3, 0.4) is 0 Å². The first-order valence-corrected chi connectivity index (χ1v) is 11.3. The summed E-state index contributed by atoms with van der Waals surface area (Å²) in [5.74, 6) is 1.30. The van der Waals surface area contributed by atoms with Crippen LogP contribution in [0.5, 0.6) is 5.75 Å². The summed E-state index contributed by atoms with van der Waals surface area (Å²) in [5, 5.41) is 10.5. The molecule has 0 spiro atoms. The van der Waals surface area contributed by atoms with Crippen LogP contribution in [0.4, 0.5) is 4.39 Å². The number of halogens is 1. The molecule has 3 aromatic carbocycles.